The van der Waals surface area contributed by atoms with E-state index in [9.17, 15) is 9.59 Å². The normalized spacial score (nSPS) is 12.5. The van der Waals surface area contributed by atoms with E-state index in [4.69, 9.17) is 10.8 Å². The fraction of sp³-hybridized carbons (Fsp3) is 0.667. The third-order valence-electron chi connectivity index (χ3n) is 1.07. The van der Waals surface area contributed by atoms with E-state index in [0.29, 0.717) is 0 Å². The number of hydrogen-bond donors (Lipinski definition) is 2. The van der Waals surface area contributed by atoms with Gasteiger partial charge in [-0.2, -0.15) is 0 Å². The zero-order chi connectivity index (χ0) is 8.85. The summed E-state index contributed by atoms with van der Waals surface area (Å²) in [4.78, 5) is 20.8. The number of carboxylic acid groups (broad SMARTS) is 1. The maximum atomic E-state index is 10.7. The molecule has 0 bridgehead atoms. The van der Waals surface area contributed by atoms with Crippen LogP contribution in [0.4, 0.5) is 0 Å². The van der Waals surface area contributed by atoms with Crippen molar-refractivity contribution >= 4 is 11.8 Å². The lowest BCUT2D eigenvalue weighted by atomic mass is 10.1. The number of aliphatic carboxylic acids is 1. The first-order valence-electron chi connectivity index (χ1n) is 3.07. The second-order valence-electron chi connectivity index (χ2n) is 2.12. The molecule has 0 aromatic rings. The summed E-state index contributed by atoms with van der Waals surface area (Å²) in [6.07, 6.45) is -0.177. The molecule has 0 rings (SSSR count). The van der Waals surface area contributed by atoms with Crippen LogP contribution >= 0.6 is 0 Å². The summed E-state index contributed by atoms with van der Waals surface area (Å²) in [6.45, 7) is -0.0824. The van der Waals surface area contributed by atoms with Crippen LogP contribution in [0.1, 0.15) is 6.42 Å². The first-order chi connectivity index (χ1) is 5.07. The number of carboxylic acids is 1. The van der Waals surface area contributed by atoms with Gasteiger partial charge in [0.15, 0.2) is 5.78 Å². The third-order valence-corrected chi connectivity index (χ3v) is 1.07. The number of nitrogens with two attached hydrogens (primary N) is 1. The average Bonchev–Trinajstić information content (AvgIpc) is 1.87. The van der Waals surface area contributed by atoms with Gasteiger partial charge >= 0.3 is 5.97 Å². The Balaban J connectivity index is 3.66. The van der Waals surface area contributed by atoms with Crippen molar-refractivity contribution in [3.8, 4) is 0 Å². The van der Waals surface area contributed by atoms with E-state index >= 15 is 0 Å². The molecule has 0 aliphatic heterocycles. The summed E-state index contributed by atoms with van der Waals surface area (Å²) in [7, 11) is 1.37. The maximum Gasteiger partial charge on any atom is 0.320 e. The number of methoxy groups -OCH3 is 1. The van der Waals surface area contributed by atoms with Crippen LogP contribution < -0.4 is 5.73 Å². The Morgan fingerprint density at radius 3 is 2.55 bits per heavy atom. The highest BCUT2D eigenvalue weighted by atomic mass is 16.5. The summed E-state index contributed by atoms with van der Waals surface area (Å²) >= 11 is 0. The van der Waals surface area contributed by atoms with E-state index < -0.39 is 12.0 Å². The first kappa shape index (κ1) is 10.1. The van der Waals surface area contributed by atoms with Gasteiger partial charge < -0.3 is 15.6 Å². The monoisotopic (exact) mass is 161 g/mol. The van der Waals surface area contributed by atoms with Crippen molar-refractivity contribution in [2.75, 3.05) is 13.7 Å². The quantitative estimate of drug-likeness (QED) is 0.540. The zero-order valence-corrected chi connectivity index (χ0v) is 6.24. The molecule has 0 aromatic heterocycles. The molecular weight excluding hydrogens is 150 g/mol. The van der Waals surface area contributed by atoms with Crippen molar-refractivity contribution in [2.45, 2.75) is 12.5 Å². The smallest absolute Gasteiger partial charge is 0.320 e. The average molecular weight is 161 g/mol. The molecule has 64 valence electrons. The number of carbonyl (C=O) groups is 2. The van der Waals surface area contributed by atoms with Crippen LogP contribution in [0.3, 0.4) is 0 Å². The van der Waals surface area contributed by atoms with Crippen LogP contribution in [0, 0.1) is 0 Å². The number of Topliss-reactive ketones (excluding diaryl/α,β-unsaturated/α-hetero) is 1. The number of ether oxygens (including phenoxy) is 1. The molecule has 0 fully saturated rings. The van der Waals surface area contributed by atoms with E-state index in [2.05, 4.69) is 4.74 Å². The van der Waals surface area contributed by atoms with Gasteiger partial charge in [0, 0.05) is 13.5 Å². The van der Waals surface area contributed by atoms with Gasteiger partial charge in [-0.05, 0) is 0 Å². The predicted octanol–water partition coefficient (Wildman–Crippen LogP) is -0.996. The largest absolute Gasteiger partial charge is 0.480 e. The van der Waals surface area contributed by atoms with Gasteiger partial charge in [0.2, 0.25) is 0 Å². The second-order valence-corrected chi connectivity index (χ2v) is 2.12. The van der Waals surface area contributed by atoms with Crippen LogP contribution in [0.15, 0.2) is 0 Å². The highest BCUT2D eigenvalue weighted by Gasteiger charge is 2.15. The first-order valence-corrected chi connectivity index (χ1v) is 3.07. The summed E-state index contributed by atoms with van der Waals surface area (Å²) in [5.41, 5.74) is 5.07. The van der Waals surface area contributed by atoms with Crippen LogP contribution in [0.5, 0.6) is 0 Å². The molecule has 3 N–H and O–H groups in total. The summed E-state index contributed by atoms with van der Waals surface area (Å²) < 4.78 is 4.49. The van der Waals surface area contributed by atoms with Gasteiger partial charge in [-0.25, -0.2) is 0 Å². The molecular formula is C6H11NO4. The van der Waals surface area contributed by atoms with Crippen LogP contribution in [0.25, 0.3) is 0 Å². The molecule has 0 aromatic carbocycles. The van der Waals surface area contributed by atoms with Crippen molar-refractivity contribution < 1.29 is 19.4 Å². The fourth-order valence-corrected chi connectivity index (χ4v) is 0.553. The molecule has 0 saturated carbocycles. The molecule has 0 aliphatic rings. The van der Waals surface area contributed by atoms with E-state index in [1.807, 2.05) is 0 Å². The maximum absolute atomic E-state index is 10.7. The standard InChI is InChI=1S/C6H11NO4/c1-11-3-4(8)2-5(7)6(9)10/h5H,2-3,7H2,1H3,(H,9,10)/t5-/m1/s1. The molecule has 5 heteroatoms. The molecule has 0 radical (unpaired) electrons. The number of rotatable bonds is 5. The Hall–Kier alpha value is -0.940. The summed E-state index contributed by atoms with van der Waals surface area (Å²) in [6, 6.07) is -1.11. The highest BCUT2D eigenvalue weighted by molar-refractivity contribution is 5.86. The number of ketones is 1. The molecule has 5 nitrogen and oxygen atoms in total. The van der Waals surface area contributed by atoms with Gasteiger partial charge in [-0.15, -0.1) is 0 Å². The third kappa shape index (κ3) is 4.46. The van der Waals surface area contributed by atoms with Crippen LogP contribution in [-0.4, -0.2) is 36.6 Å². The molecule has 0 aliphatic carbocycles. The number of carbonyl (C=O) groups excluding carboxylic acids is 1. The predicted molar refractivity (Wildman–Crippen MR) is 37.1 cm³/mol. The molecule has 0 heterocycles. The molecule has 1 atom stereocenters. The highest BCUT2D eigenvalue weighted by Crippen LogP contribution is 1.90. The Morgan fingerprint density at radius 2 is 2.18 bits per heavy atom. The lowest BCUT2D eigenvalue weighted by molar-refractivity contribution is -0.140. The van der Waals surface area contributed by atoms with E-state index in [1.165, 1.54) is 7.11 Å². The van der Waals surface area contributed by atoms with Gasteiger partial charge in [0.05, 0.1) is 0 Å². The summed E-state index contributed by atoms with van der Waals surface area (Å²) in [5, 5.41) is 8.28. The van der Waals surface area contributed by atoms with E-state index in [0.717, 1.165) is 0 Å². The van der Waals surface area contributed by atoms with Crippen molar-refractivity contribution in [1.82, 2.24) is 0 Å². The van der Waals surface area contributed by atoms with Crippen LogP contribution in [0.2, 0.25) is 0 Å². The minimum absolute atomic E-state index is 0.0824. The fourth-order valence-electron chi connectivity index (χ4n) is 0.553. The lowest BCUT2D eigenvalue weighted by Gasteiger charge is -2.03. The zero-order valence-electron chi connectivity index (χ0n) is 6.24. The van der Waals surface area contributed by atoms with Gasteiger partial charge in [-0.3, -0.25) is 9.59 Å². The SMILES string of the molecule is COCC(=O)C[C@@H](N)C(=O)O. The van der Waals surface area contributed by atoms with Crippen molar-refractivity contribution in [2.24, 2.45) is 5.73 Å². The molecule has 0 amide bonds. The van der Waals surface area contributed by atoms with Crippen LogP contribution in [-0.2, 0) is 14.3 Å². The molecule has 0 unspecified atom stereocenters. The van der Waals surface area contributed by atoms with Crippen molar-refractivity contribution in [3.63, 3.8) is 0 Å². The van der Waals surface area contributed by atoms with Crippen molar-refractivity contribution in [1.29, 1.82) is 0 Å². The second kappa shape index (κ2) is 4.81. The molecule has 11 heavy (non-hydrogen) atoms. The Morgan fingerprint density at radius 1 is 1.64 bits per heavy atom. The van der Waals surface area contributed by atoms with E-state index in [1.54, 1.807) is 0 Å². The topological polar surface area (TPSA) is 89.6 Å². The Kier molecular flexibility index (Phi) is 4.40. The molecule has 0 saturated heterocycles. The Labute approximate surface area is 64.1 Å². The minimum atomic E-state index is -1.17. The van der Waals surface area contributed by atoms with Gasteiger partial charge in [0.1, 0.15) is 12.6 Å². The number of hydrogen-bond acceptors (Lipinski definition) is 4. The van der Waals surface area contributed by atoms with Gasteiger partial charge in [-0.1, -0.05) is 0 Å². The van der Waals surface area contributed by atoms with E-state index in [-0.39, 0.29) is 18.8 Å². The summed E-state index contributed by atoms with van der Waals surface area (Å²) in [5.74, 6) is -1.48. The van der Waals surface area contributed by atoms with Crippen molar-refractivity contribution in [3.05, 3.63) is 0 Å². The minimum Gasteiger partial charge on any atom is -0.480 e. The lowest BCUT2D eigenvalue weighted by Crippen LogP contribution is -2.33. The van der Waals surface area contributed by atoms with Gasteiger partial charge in [0.25, 0.3) is 0 Å². The molecule has 0 spiro atoms. The Bertz CT molecular complexity index is 157.